The standard InChI is InChI=1S/C5H6ClNOS/c1-5(2)3(8)4(6)7-9-5/h1-2H3. The summed E-state index contributed by atoms with van der Waals surface area (Å²) in [6, 6.07) is 0. The maximum atomic E-state index is 10.9. The van der Waals surface area contributed by atoms with Crippen molar-refractivity contribution in [1.29, 1.82) is 0 Å². The van der Waals surface area contributed by atoms with Crippen LogP contribution in [0.4, 0.5) is 0 Å². The summed E-state index contributed by atoms with van der Waals surface area (Å²) in [5.74, 6) is -0.0748. The van der Waals surface area contributed by atoms with Crippen LogP contribution in [0.15, 0.2) is 4.40 Å². The van der Waals surface area contributed by atoms with Crippen LogP contribution in [0, 0.1) is 0 Å². The summed E-state index contributed by atoms with van der Waals surface area (Å²) in [4.78, 5) is 10.9. The lowest BCUT2D eigenvalue weighted by Gasteiger charge is -2.09. The monoisotopic (exact) mass is 163 g/mol. The van der Waals surface area contributed by atoms with Crippen molar-refractivity contribution in [3.8, 4) is 0 Å². The topological polar surface area (TPSA) is 29.4 Å². The Morgan fingerprint density at radius 1 is 1.67 bits per heavy atom. The predicted octanol–water partition coefficient (Wildman–Crippen LogP) is 1.63. The number of halogens is 1. The third-order valence-corrected chi connectivity index (χ3v) is 2.36. The van der Waals surface area contributed by atoms with Crippen molar-refractivity contribution in [3.05, 3.63) is 0 Å². The quantitative estimate of drug-likeness (QED) is 0.508. The average Bonchev–Trinajstić information content (AvgIpc) is 1.97. The molecule has 2 nitrogen and oxygen atoms in total. The van der Waals surface area contributed by atoms with E-state index in [1.54, 1.807) is 13.8 Å². The molecule has 0 aromatic heterocycles. The smallest absolute Gasteiger partial charge is 0.210 e. The van der Waals surface area contributed by atoms with Gasteiger partial charge in [-0.1, -0.05) is 11.6 Å². The highest BCUT2D eigenvalue weighted by Crippen LogP contribution is 2.33. The van der Waals surface area contributed by atoms with Gasteiger partial charge < -0.3 is 0 Å². The van der Waals surface area contributed by atoms with E-state index in [1.807, 2.05) is 0 Å². The van der Waals surface area contributed by atoms with Crippen LogP contribution in [-0.2, 0) is 4.79 Å². The van der Waals surface area contributed by atoms with Crippen molar-refractivity contribution in [2.45, 2.75) is 18.6 Å². The summed E-state index contributed by atoms with van der Waals surface area (Å²) in [6.07, 6.45) is 0. The molecule has 1 rings (SSSR count). The van der Waals surface area contributed by atoms with E-state index in [2.05, 4.69) is 4.40 Å². The van der Waals surface area contributed by atoms with Gasteiger partial charge in [-0.15, -0.1) is 0 Å². The first-order valence-corrected chi connectivity index (χ1v) is 3.65. The molecule has 0 N–H and O–H groups in total. The number of Topliss-reactive ketones (excluding diaryl/α,β-unsaturated/α-hetero) is 1. The molecule has 0 bridgehead atoms. The van der Waals surface area contributed by atoms with E-state index >= 15 is 0 Å². The van der Waals surface area contributed by atoms with Crippen LogP contribution in [0.25, 0.3) is 0 Å². The molecule has 0 atom stereocenters. The predicted molar refractivity (Wildman–Crippen MR) is 40.0 cm³/mol. The van der Waals surface area contributed by atoms with Crippen LogP contribution < -0.4 is 0 Å². The Labute approximate surface area is 62.8 Å². The van der Waals surface area contributed by atoms with Crippen LogP contribution >= 0.6 is 23.5 Å². The molecule has 1 heterocycles. The molecule has 0 radical (unpaired) electrons. The van der Waals surface area contributed by atoms with E-state index in [-0.39, 0.29) is 11.0 Å². The summed E-state index contributed by atoms with van der Waals surface area (Å²) in [6.45, 7) is 3.61. The number of carbonyl (C=O) groups excluding carboxylic acids is 1. The minimum Gasteiger partial charge on any atom is -0.290 e. The minimum atomic E-state index is -0.433. The highest BCUT2D eigenvalue weighted by molar-refractivity contribution is 8.01. The summed E-state index contributed by atoms with van der Waals surface area (Å²) in [7, 11) is 0. The first-order chi connectivity index (χ1) is 4.04. The molecular weight excluding hydrogens is 158 g/mol. The molecule has 0 spiro atoms. The fourth-order valence-corrected chi connectivity index (χ4v) is 1.45. The molecule has 0 fully saturated rings. The third-order valence-electron chi connectivity index (χ3n) is 1.09. The second-order valence-electron chi connectivity index (χ2n) is 2.31. The van der Waals surface area contributed by atoms with E-state index in [0.29, 0.717) is 0 Å². The third kappa shape index (κ3) is 1.12. The van der Waals surface area contributed by atoms with E-state index in [1.165, 1.54) is 11.9 Å². The Balaban J connectivity index is 2.86. The number of carbonyl (C=O) groups is 1. The second-order valence-corrected chi connectivity index (χ2v) is 4.06. The van der Waals surface area contributed by atoms with Gasteiger partial charge in [0.25, 0.3) is 0 Å². The molecule has 9 heavy (non-hydrogen) atoms. The van der Waals surface area contributed by atoms with Crippen molar-refractivity contribution in [2.75, 3.05) is 0 Å². The maximum Gasteiger partial charge on any atom is 0.210 e. The summed E-state index contributed by atoms with van der Waals surface area (Å²) in [5.41, 5.74) is 0. The SMILES string of the molecule is CC1(C)SN=C(Cl)C1=O. The molecule has 0 amide bonds. The summed E-state index contributed by atoms with van der Waals surface area (Å²) in [5, 5.41) is 0.116. The lowest BCUT2D eigenvalue weighted by molar-refractivity contribution is -0.113. The molecule has 0 aromatic rings. The van der Waals surface area contributed by atoms with Crippen molar-refractivity contribution in [3.63, 3.8) is 0 Å². The molecule has 0 saturated heterocycles. The van der Waals surface area contributed by atoms with Crippen LogP contribution in [0.1, 0.15) is 13.8 Å². The Bertz CT molecular complexity index is 187. The summed E-state index contributed by atoms with van der Waals surface area (Å²) < 4.78 is 3.29. The van der Waals surface area contributed by atoms with Crippen molar-refractivity contribution in [1.82, 2.24) is 0 Å². The van der Waals surface area contributed by atoms with Gasteiger partial charge in [-0.3, -0.25) is 4.79 Å². The van der Waals surface area contributed by atoms with Gasteiger partial charge in [-0.25, -0.2) is 0 Å². The van der Waals surface area contributed by atoms with Gasteiger partial charge >= 0.3 is 0 Å². The fourth-order valence-electron chi connectivity index (χ4n) is 0.485. The first kappa shape index (κ1) is 7.09. The van der Waals surface area contributed by atoms with Crippen molar-refractivity contribution < 1.29 is 4.79 Å². The molecule has 4 heteroatoms. The molecule has 0 saturated carbocycles. The molecule has 0 aromatic carbocycles. The van der Waals surface area contributed by atoms with E-state index in [0.717, 1.165) is 0 Å². The second kappa shape index (κ2) is 1.99. The van der Waals surface area contributed by atoms with Gasteiger partial charge in [-0.05, 0) is 25.8 Å². The molecule has 50 valence electrons. The Morgan fingerprint density at radius 2 is 2.22 bits per heavy atom. The number of ketones is 1. The van der Waals surface area contributed by atoms with Gasteiger partial charge in [0.1, 0.15) is 0 Å². The first-order valence-electron chi connectivity index (χ1n) is 2.50. The zero-order chi connectivity index (χ0) is 7.07. The Kier molecular flexibility index (Phi) is 1.57. The molecule has 0 unspecified atom stereocenters. The minimum absolute atomic E-state index is 0.0748. The largest absolute Gasteiger partial charge is 0.290 e. The van der Waals surface area contributed by atoms with E-state index in [9.17, 15) is 4.79 Å². The highest BCUT2D eigenvalue weighted by Gasteiger charge is 2.36. The van der Waals surface area contributed by atoms with Crippen molar-refractivity contribution in [2.24, 2.45) is 4.40 Å². The van der Waals surface area contributed by atoms with Crippen molar-refractivity contribution >= 4 is 34.5 Å². The van der Waals surface area contributed by atoms with Gasteiger partial charge in [0.2, 0.25) is 5.78 Å². The van der Waals surface area contributed by atoms with E-state index in [4.69, 9.17) is 11.6 Å². The fraction of sp³-hybridized carbons (Fsp3) is 0.600. The van der Waals surface area contributed by atoms with Crippen LogP contribution in [0.3, 0.4) is 0 Å². The lowest BCUT2D eigenvalue weighted by Crippen LogP contribution is -2.26. The zero-order valence-electron chi connectivity index (χ0n) is 5.14. The maximum absolute atomic E-state index is 10.9. The van der Waals surface area contributed by atoms with Gasteiger partial charge in [0.15, 0.2) is 5.17 Å². The number of rotatable bonds is 0. The molecular formula is C5H6ClNOS. The normalized spacial score (nSPS) is 24.3. The summed E-state index contributed by atoms with van der Waals surface area (Å²) >= 11 is 6.65. The van der Waals surface area contributed by atoms with Gasteiger partial charge in [0, 0.05) is 0 Å². The average molecular weight is 164 g/mol. The zero-order valence-corrected chi connectivity index (χ0v) is 6.71. The number of hydrogen-bond donors (Lipinski definition) is 0. The molecule has 1 aliphatic heterocycles. The molecule has 0 aliphatic carbocycles. The van der Waals surface area contributed by atoms with E-state index < -0.39 is 4.75 Å². The van der Waals surface area contributed by atoms with Crippen LogP contribution in [0.5, 0.6) is 0 Å². The Hall–Kier alpha value is -0.0200. The van der Waals surface area contributed by atoms with Crippen LogP contribution in [-0.4, -0.2) is 15.7 Å². The van der Waals surface area contributed by atoms with Crippen LogP contribution in [0.2, 0.25) is 0 Å². The number of nitrogens with zero attached hydrogens (tertiary/aromatic N) is 1. The highest BCUT2D eigenvalue weighted by atomic mass is 35.5. The Morgan fingerprint density at radius 3 is 2.33 bits per heavy atom. The lowest BCUT2D eigenvalue weighted by atomic mass is 10.1. The van der Waals surface area contributed by atoms with Gasteiger partial charge in [0.05, 0.1) is 4.75 Å². The molecule has 1 aliphatic rings. The number of hydrogen-bond acceptors (Lipinski definition) is 3. The van der Waals surface area contributed by atoms with Gasteiger partial charge in [-0.2, -0.15) is 4.40 Å².